The van der Waals surface area contributed by atoms with Crippen molar-refractivity contribution in [2.75, 3.05) is 6.61 Å². The highest BCUT2D eigenvalue weighted by atomic mass is 16.6. The molecule has 1 N–H and O–H groups in total. The second-order valence-electron chi connectivity index (χ2n) is 4.55. The lowest BCUT2D eigenvalue weighted by molar-refractivity contribution is -0.510. The van der Waals surface area contributed by atoms with E-state index in [-0.39, 0.29) is 18.7 Å². The van der Waals surface area contributed by atoms with Gasteiger partial charge in [-0.1, -0.05) is 6.07 Å². The molecule has 0 amide bonds. The van der Waals surface area contributed by atoms with Gasteiger partial charge in [-0.25, -0.2) is 4.79 Å². The van der Waals surface area contributed by atoms with Crippen LogP contribution < -0.4 is 0 Å². The molecule has 0 aliphatic heterocycles. The number of H-pyrrole nitrogens is 1. The molecule has 0 saturated heterocycles. The molecule has 1 aromatic heterocycles. The van der Waals surface area contributed by atoms with Gasteiger partial charge in [0.15, 0.2) is 0 Å². The van der Waals surface area contributed by atoms with Gasteiger partial charge in [0, 0.05) is 16.7 Å². The van der Waals surface area contributed by atoms with Crippen LogP contribution in [-0.2, 0) is 16.0 Å². The van der Waals surface area contributed by atoms with Gasteiger partial charge in [0.05, 0.1) is 28.9 Å². The van der Waals surface area contributed by atoms with Gasteiger partial charge in [-0.15, -0.1) is 0 Å². The SMILES string of the molecule is CCOC(=O)C(Cc1cc2c([N+](=O)[O-])cccc2[nH]1)[N+](=O)[O-]. The number of benzene rings is 1. The molecule has 0 bridgehead atoms. The van der Waals surface area contributed by atoms with E-state index in [0.29, 0.717) is 16.6 Å². The maximum absolute atomic E-state index is 11.6. The third kappa shape index (κ3) is 3.03. The summed E-state index contributed by atoms with van der Waals surface area (Å²) in [5.74, 6) is -0.930. The number of nitro groups is 2. The number of rotatable bonds is 6. The number of esters is 1. The van der Waals surface area contributed by atoms with Gasteiger partial charge in [0.2, 0.25) is 0 Å². The number of aromatic amines is 1. The van der Waals surface area contributed by atoms with E-state index in [1.54, 1.807) is 13.0 Å². The second-order valence-corrected chi connectivity index (χ2v) is 4.55. The molecule has 0 fully saturated rings. The summed E-state index contributed by atoms with van der Waals surface area (Å²) < 4.78 is 4.67. The lowest BCUT2D eigenvalue weighted by atomic mass is 10.1. The van der Waals surface area contributed by atoms with Crippen molar-refractivity contribution in [2.24, 2.45) is 0 Å². The molecule has 22 heavy (non-hydrogen) atoms. The van der Waals surface area contributed by atoms with Crippen molar-refractivity contribution in [2.45, 2.75) is 19.4 Å². The van der Waals surface area contributed by atoms with Crippen LogP contribution >= 0.6 is 0 Å². The molecule has 2 aromatic rings. The zero-order valence-corrected chi connectivity index (χ0v) is 11.6. The van der Waals surface area contributed by atoms with Crippen LogP contribution in [0.5, 0.6) is 0 Å². The van der Waals surface area contributed by atoms with Gasteiger partial charge in [-0.2, -0.15) is 0 Å². The van der Waals surface area contributed by atoms with Gasteiger partial charge >= 0.3 is 12.0 Å². The number of ether oxygens (including phenoxy) is 1. The number of hydrogen-bond acceptors (Lipinski definition) is 6. The highest BCUT2D eigenvalue weighted by Gasteiger charge is 2.32. The number of carbonyl (C=O) groups is 1. The number of nitro benzene ring substituents is 1. The van der Waals surface area contributed by atoms with E-state index in [0.717, 1.165) is 0 Å². The van der Waals surface area contributed by atoms with E-state index in [1.807, 2.05) is 0 Å². The van der Waals surface area contributed by atoms with Gasteiger partial charge in [0.25, 0.3) is 5.69 Å². The van der Waals surface area contributed by atoms with Gasteiger partial charge in [-0.3, -0.25) is 20.2 Å². The number of carbonyl (C=O) groups excluding carboxylic acids is 1. The lowest BCUT2D eigenvalue weighted by Gasteiger charge is -2.07. The third-order valence-corrected chi connectivity index (χ3v) is 3.12. The van der Waals surface area contributed by atoms with Crippen molar-refractivity contribution in [3.8, 4) is 0 Å². The molecule has 1 unspecified atom stereocenters. The Morgan fingerprint density at radius 3 is 2.68 bits per heavy atom. The minimum absolute atomic E-state index is 0.0430. The fourth-order valence-corrected chi connectivity index (χ4v) is 2.16. The van der Waals surface area contributed by atoms with Crippen LogP contribution in [0.4, 0.5) is 5.69 Å². The van der Waals surface area contributed by atoms with Crippen molar-refractivity contribution in [1.82, 2.24) is 4.98 Å². The Balaban J connectivity index is 2.34. The molecular weight excluding hydrogens is 294 g/mol. The largest absolute Gasteiger partial charge is 0.461 e. The first-order valence-corrected chi connectivity index (χ1v) is 6.49. The fourth-order valence-electron chi connectivity index (χ4n) is 2.16. The lowest BCUT2D eigenvalue weighted by Crippen LogP contribution is -2.33. The zero-order valence-electron chi connectivity index (χ0n) is 11.6. The van der Waals surface area contributed by atoms with Gasteiger partial charge in [0.1, 0.15) is 0 Å². The predicted octanol–water partition coefficient (Wildman–Crippen LogP) is 1.83. The third-order valence-electron chi connectivity index (χ3n) is 3.12. The first-order chi connectivity index (χ1) is 10.4. The number of hydrogen-bond donors (Lipinski definition) is 1. The van der Waals surface area contributed by atoms with Crippen LogP contribution in [0.3, 0.4) is 0 Å². The summed E-state index contributed by atoms with van der Waals surface area (Å²) in [6.07, 6.45) is -0.225. The minimum atomic E-state index is -1.55. The predicted molar refractivity (Wildman–Crippen MR) is 76.1 cm³/mol. The summed E-state index contributed by atoms with van der Waals surface area (Å²) in [5.41, 5.74) is 0.739. The Morgan fingerprint density at radius 1 is 1.36 bits per heavy atom. The number of aromatic nitrogens is 1. The van der Waals surface area contributed by atoms with E-state index < -0.39 is 21.9 Å². The molecule has 9 heteroatoms. The molecule has 9 nitrogen and oxygen atoms in total. The first-order valence-electron chi connectivity index (χ1n) is 6.49. The second kappa shape index (κ2) is 6.20. The Bertz CT molecular complexity index is 738. The number of nitrogens with zero attached hydrogens (tertiary/aromatic N) is 2. The average molecular weight is 307 g/mol. The molecule has 0 aliphatic carbocycles. The molecular formula is C13H13N3O6. The van der Waals surface area contributed by atoms with E-state index in [1.165, 1.54) is 18.2 Å². The van der Waals surface area contributed by atoms with Crippen LogP contribution in [0.25, 0.3) is 10.9 Å². The summed E-state index contributed by atoms with van der Waals surface area (Å²) in [5, 5.41) is 22.3. The standard InChI is InChI=1S/C13H13N3O6/c1-2-22-13(17)12(16(20)21)7-8-6-9-10(14-8)4-3-5-11(9)15(18)19/h3-6,12,14H,2,7H2,1H3. The van der Waals surface area contributed by atoms with Crippen LogP contribution in [0.2, 0.25) is 0 Å². The minimum Gasteiger partial charge on any atom is -0.461 e. The van der Waals surface area contributed by atoms with E-state index in [2.05, 4.69) is 9.72 Å². The summed E-state index contributed by atoms with van der Waals surface area (Å²) in [6, 6.07) is 4.38. The monoisotopic (exact) mass is 307 g/mol. The van der Waals surface area contributed by atoms with Crippen molar-refractivity contribution in [1.29, 1.82) is 0 Å². The maximum atomic E-state index is 11.6. The number of non-ortho nitro benzene ring substituents is 1. The van der Waals surface area contributed by atoms with Crippen molar-refractivity contribution >= 4 is 22.6 Å². The first kappa shape index (κ1) is 15.4. The topological polar surface area (TPSA) is 128 Å². The van der Waals surface area contributed by atoms with Gasteiger partial charge < -0.3 is 9.72 Å². The van der Waals surface area contributed by atoms with Crippen LogP contribution in [0.15, 0.2) is 24.3 Å². The normalized spacial score (nSPS) is 12.0. The Kier molecular flexibility index (Phi) is 4.35. The highest BCUT2D eigenvalue weighted by Crippen LogP contribution is 2.26. The number of fused-ring (bicyclic) bond motifs is 1. The highest BCUT2D eigenvalue weighted by molar-refractivity contribution is 5.89. The summed E-state index contributed by atoms with van der Waals surface area (Å²) in [7, 11) is 0. The summed E-state index contributed by atoms with van der Waals surface area (Å²) in [4.78, 5) is 35.1. The van der Waals surface area contributed by atoms with Crippen molar-refractivity contribution in [3.05, 3.63) is 50.2 Å². The summed E-state index contributed by atoms with van der Waals surface area (Å²) in [6.45, 7) is 1.60. The molecule has 1 aromatic carbocycles. The zero-order chi connectivity index (χ0) is 16.3. The molecule has 0 saturated carbocycles. The van der Waals surface area contributed by atoms with Crippen LogP contribution in [-0.4, -0.2) is 33.4 Å². The van der Waals surface area contributed by atoms with Crippen molar-refractivity contribution < 1.29 is 19.4 Å². The molecule has 116 valence electrons. The fraction of sp³-hybridized carbons (Fsp3) is 0.308. The van der Waals surface area contributed by atoms with Crippen molar-refractivity contribution in [3.63, 3.8) is 0 Å². The molecule has 0 radical (unpaired) electrons. The van der Waals surface area contributed by atoms with Gasteiger partial charge in [-0.05, 0) is 19.1 Å². The molecule has 1 heterocycles. The molecule has 1 atom stereocenters. The Morgan fingerprint density at radius 2 is 2.09 bits per heavy atom. The van der Waals surface area contributed by atoms with E-state index in [4.69, 9.17) is 0 Å². The smallest absolute Gasteiger partial charge is 0.382 e. The molecule has 0 spiro atoms. The molecule has 0 aliphatic rings. The van der Waals surface area contributed by atoms with E-state index in [9.17, 15) is 25.0 Å². The molecule has 2 rings (SSSR count). The quantitative estimate of drug-likeness (QED) is 0.492. The Hall–Kier alpha value is -2.97. The summed E-state index contributed by atoms with van der Waals surface area (Å²) >= 11 is 0. The Labute approximate surface area is 124 Å². The van der Waals surface area contributed by atoms with Crippen LogP contribution in [0.1, 0.15) is 12.6 Å². The van der Waals surface area contributed by atoms with E-state index >= 15 is 0 Å². The maximum Gasteiger partial charge on any atom is 0.382 e. The van der Waals surface area contributed by atoms with Crippen LogP contribution in [0, 0.1) is 20.2 Å². The average Bonchev–Trinajstić information content (AvgIpc) is 2.86. The number of nitrogens with one attached hydrogen (secondary N) is 1.